The molecule has 0 radical (unpaired) electrons. The van der Waals surface area contributed by atoms with Crippen LogP contribution in [-0.4, -0.2) is 35.5 Å². The third-order valence-electron chi connectivity index (χ3n) is 6.51. The third-order valence-corrected chi connectivity index (χ3v) is 6.51. The van der Waals surface area contributed by atoms with E-state index in [2.05, 4.69) is 77.4 Å². The molecular formula is C24H32N2. The first kappa shape index (κ1) is 17.8. The van der Waals surface area contributed by atoms with E-state index in [0.29, 0.717) is 0 Å². The quantitative estimate of drug-likeness (QED) is 0.708. The van der Waals surface area contributed by atoms with Gasteiger partial charge in [0, 0.05) is 32.2 Å². The Kier molecular flexibility index (Phi) is 5.72. The maximum atomic E-state index is 2.79. The van der Waals surface area contributed by atoms with E-state index in [4.69, 9.17) is 0 Å². The fraction of sp³-hybridized carbons (Fsp3) is 0.500. The van der Waals surface area contributed by atoms with E-state index in [1.807, 2.05) is 0 Å². The van der Waals surface area contributed by atoms with E-state index < -0.39 is 0 Å². The zero-order valence-electron chi connectivity index (χ0n) is 16.1. The number of piperidine rings is 3. The molecule has 2 aromatic rings. The molecule has 3 aliphatic heterocycles. The summed E-state index contributed by atoms with van der Waals surface area (Å²) in [5.41, 5.74) is 2.84. The molecule has 2 bridgehead atoms. The molecule has 3 saturated heterocycles. The van der Waals surface area contributed by atoms with Gasteiger partial charge in [0.2, 0.25) is 0 Å². The van der Waals surface area contributed by atoms with Crippen LogP contribution in [0.3, 0.4) is 0 Å². The zero-order valence-corrected chi connectivity index (χ0v) is 16.1. The van der Waals surface area contributed by atoms with E-state index in [-0.39, 0.29) is 0 Å². The van der Waals surface area contributed by atoms with Crippen LogP contribution in [-0.2, 0) is 13.1 Å². The minimum Gasteiger partial charge on any atom is -0.299 e. The molecule has 2 nitrogen and oxygen atoms in total. The van der Waals surface area contributed by atoms with Gasteiger partial charge in [-0.05, 0) is 42.3 Å². The second kappa shape index (κ2) is 8.37. The molecule has 3 fully saturated rings. The summed E-state index contributed by atoms with van der Waals surface area (Å²) in [4.78, 5) is 5.45. The van der Waals surface area contributed by atoms with Crippen LogP contribution in [0.2, 0.25) is 0 Å². The first-order valence-electron chi connectivity index (χ1n) is 10.4. The van der Waals surface area contributed by atoms with E-state index in [9.17, 15) is 0 Å². The normalized spacial score (nSPS) is 27.8. The van der Waals surface area contributed by atoms with Gasteiger partial charge in [0.05, 0.1) is 0 Å². The van der Waals surface area contributed by atoms with Crippen LogP contribution >= 0.6 is 0 Å². The lowest BCUT2D eigenvalue weighted by molar-refractivity contribution is -0.0161. The molecule has 1 unspecified atom stereocenters. The maximum absolute atomic E-state index is 2.79. The van der Waals surface area contributed by atoms with Gasteiger partial charge in [0.15, 0.2) is 0 Å². The Morgan fingerprint density at radius 1 is 0.923 bits per heavy atom. The lowest BCUT2D eigenvalue weighted by Crippen LogP contribution is -2.56. The molecular weight excluding hydrogens is 316 g/mol. The third kappa shape index (κ3) is 4.19. The molecule has 4 atom stereocenters. The topological polar surface area (TPSA) is 6.48 Å². The van der Waals surface area contributed by atoms with Crippen molar-refractivity contribution in [2.24, 2.45) is 11.8 Å². The van der Waals surface area contributed by atoms with Gasteiger partial charge in [-0.1, -0.05) is 74.0 Å². The van der Waals surface area contributed by atoms with Crippen molar-refractivity contribution in [1.82, 2.24) is 9.80 Å². The van der Waals surface area contributed by atoms with Crippen LogP contribution in [0, 0.1) is 11.8 Å². The molecule has 2 aromatic carbocycles. The predicted molar refractivity (Wildman–Crippen MR) is 109 cm³/mol. The number of rotatable bonds is 7. The van der Waals surface area contributed by atoms with Crippen LogP contribution in [0.25, 0.3) is 0 Å². The Morgan fingerprint density at radius 3 is 2.04 bits per heavy atom. The monoisotopic (exact) mass is 348 g/mol. The minimum atomic E-state index is 0.740. The molecule has 5 rings (SSSR count). The number of hydrogen-bond donors (Lipinski definition) is 0. The van der Waals surface area contributed by atoms with Crippen molar-refractivity contribution in [2.45, 2.75) is 45.3 Å². The highest BCUT2D eigenvalue weighted by Crippen LogP contribution is 2.38. The Hall–Kier alpha value is -1.64. The summed E-state index contributed by atoms with van der Waals surface area (Å²) in [6.45, 7) is 8.30. The second-order valence-corrected chi connectivity index (χ2v) is 8.24. The van der Waals surface area contributed by atoms with Gasteiger partial charge in [0.25, 0.3) is 0 Å². The molecule has 0 amide bonds. The number of fused-ring (bicyclic) bond motifs is 3. The molecule has 0 aliphatic carbocycles. The van der Waals surface area contributed by atoms with Crippen molar-refractivity contribution in [3.8, 4) is 0 Å². The molecule has 0 N–H and O–H groups in total. The van der Waals surface area contributed by atoms with Gasteiger partial charge in [-0.3, -0.25) is 9.80 Å². The predicted octanol–water partition coefficient (Wildman–Crippen LogP) is 4.81. The van der Waals surface area contributed by atoms with E-state index in [1.165, 1.54) is 50.0 Å². The first-order valence-corrected chi connectivity index (χ1v) is 10.4. The number of nitrogens with zero attached hydrogens (tertiary/aromatic N) is 2. The average molecular weight is 349 g/mol. The smallest absolute Gasteiger partial charge is 0.0237 e. The van der Waals surface area contributed by atoms with Crippen molar-refractivity contribution in [1.29, 1.82) is 0 Å². The zero-order chi connectivity index (χ0) is 17.8. The van der Waals surface area contributed by atoms with Gasteiger partial charge in [-0.25, -0.2) is 0 Å². The summed E-state index contributed by atoms with van der Waals surface area (Å²) in [7, 11) is 0. The van der Waals surface area contributed by atoms with Crippen molar-refractivity contribution < 1.29 is 0 Å². The van der Waals surface area contributed by atoms with Crippen LogP contribution in [0.15, 0.2) is 60.7 Å². The fourth-order valence-electron chi connectivity index (χ4n) is 5.07. The average Bonchev–Trinajstić information content (AvgIpc) is 2.70. The summed E-state index contributed by atoms with van der Waals surface area (Å²) in [6, 6.07) is 22.7. The van der Waals surface area contributed by atoms with Crippen molar-refractivity contribution in [3.63, 3.8) is 0 Å². The molecule has 26 heavy (non-hydrogen) atoms. The highest BCUT2D eigenvalue weighted by molar-refractivity contribution is 5.17. The highest BCUT2D eigenvalue weighted by atomic mass is 15.2. The van der Waals surface area contributed by atoms with E-state index in [0.717, 1.165) is 31.0 Å². The van der Waals surface area contributed by atoms with Crippen molar-refractivity contribution in [2.75, 3.05) is 19.6 Å². The van der Waals surface area contributed by atoms with Crippen molar-refractivity contribution in [3.05, 3.63) is 71.8 Å². The summed E-state index contributed by atoms with van der Waals surface area (Å²) >= 11 is 0. The Bertz CT molecular complexity index is 628. The molecule has 0 saturated carbocycles. The standard InChI is InChI=1S/C24H32N2/c1-2-22-18-26-14-13-23(22)15-24(26)19-25(16-20-9-5-3-6-10-20)17-21-11-7-4-8-12-21/h3-12,22-24H,2,13-19H2,1H3/t22-,23+,24-/m1/s1. The fourth-order valence-corrected chi connectivity index (χ4v) is 5.07. The minimum absolute atomic E-state index is 0.740. The molecule has 0 spiro atoms. The van der Waals surface area contributed by atoms with Gasteiger partial charge in [-0.2, -0.15) is 0 Å². The number of benzene rings is 2. The summed E-state index contributed by atoms with van der Waals surface area (Å²) < 4.78 is 0. The SMILES string of the molecule is CC[C@@H]1CN2CC[C@H]1C[C@@H]2CN(Cc1ccccc1)Cc1ccccc1. The van der Waals surface area contributed by atoms with Crippen molar-refractivity contribution >= 4 is 0 Å². The highest BCUT2D eigenvalue weighted by Gasteiger charge is 2.39. The summed E-state index contributed by atoms with van der Waals surface area (Å²) in [6.07, 6.45) is 4.18. The first-order chi connectivity index (χ1) is 12.8. The van der Waals surface area contributed by atoms with Gasteiger partial charge >= 0.3 is 0 Å². The molecule has 0 aromatic heterocycles. The van der Waals surface area contributed by atoms with Crippen LogP contribution in [0.5, 0.6) is 0 Å². The van der Waals surface area contributed by atoms with Crippen LogP contribution in [0.4, 0.5) is 0 Å². The maximum Gasteiger partial charge on any atom is 0.0237 e. The Morgan fingerprint density at radius 2 is 1.54 bits per heavy atom. The largest absolute Gasteiger partial charge is 0.299 e. The molecule has 2 heteroatoms. The molecule has 3 heterocycles. The Balaban J connectivity index is 1.46. The Labute approximate surface area is 158 Å². The van der Waals surface area contributed by atoms with Crippen LogP contribution in [0.1, 0.15) is 37.3 Å². The van der Waals surface area contributed by atoms with E-state index in [1.54, 1.807) is 0 Å². The second-order valence-electron chi connectivity index (χ2n) is 8.24. The lowest BCUT2D eigenvalue weighted by atomic mass is 9.74. The van der Waals surface area contributed by atoms with E-state index >= 15 is 0 Å². The number of hydrogen-bond acceptors (Lipinski definition) is 2. The van der Waals surface area contributed by atoms with Gasteiger partial charge in [0.1, 0.15) is 0 Å². The van der Waals surface area contributed by atoms with Crippen LogP contribution < -0.4 is 0 Å². The van der Waals surface area contributed by atoms with Gasteiger partial charge < -0.3 is 0 Å². The lowest BCUT2D eigenvalue weighted by Gasteiger charge is -2.51. The summed E-state index contributed by atoms with van der Waals surface area (Å²) in [5.74, 6) is 1.90. The molecule has 138 valence electrons. The summed E-state index contributed by atoms with van der Waals surface area (Å²) in [5, 5.41) is 0. The molecule has 3 aliphatic rings. The van der Waals surface area contributed by atoms with Gasteiger partial charge in [-0.15, -0.1) is 0 Å².